The van der Waals surface area contributed by atoms with E-state index in [-0.39, 0.29) is 11.3 Å². The van der Waals surface area contributed by atoms with E-state index < -0.39 is 0 Å². The Balaban J connectivity index is 2.28. The van der Waals surface area contributed by atoms with Gasteiger partial charge < -0.3 is 5.11 Å². The summed E-state index contributed by atoms with van der Waals surface area (Å²) in [6, 6.07) is 19.4. The van der Waals surface area contributed by atoms with Crippen molar-refractivity contribution in [2.24, 2.45) is 0 Å². The van der Waals surface area contributed by atoms with Gasteiger partial charge in [0, 0.05) is 16.2 Å². The molecule has 5 aromatic rings. The minimum Gasteiger partial charge on any atom is -0.512 e. The van der Waals surface area contributed by atoms with Crippen LogP contribution in [0.2, 0.25) is 0 Å². The van der Waals surface area contributed by atoms with Crippen LogP contribution in [-0.4, -0.2) is 14.5 Å². The van der Waals surface area contributed by atoms with Crippen molar-refractivity contribution < 1.29 is 5.11 Å². The van der Waals surface area contributed by atoms with Gasteiger partial charge in [-0.25, -0.2) is 4.98 Å². The molecule has 0 radical (unpaired) electrons. The molecule has 4 nitrogen and oxygen atoms in total. The monoisotopic (exact) mass is 326 g/mol. The summed E-state index contributed by atoms with van der Waals surface area (Å²) in [5.74, 6) is 0.0162. The summed E-state index contributed by atoms with van der Waals surface area (Å²) in [6.07, 6.45) is 0. The van der Waals surface area contributed by atoms with Gasteiger partial charge >= 0.3 is 0 Å². The number of aliphatic hydroxyl groups is 1. The van der Waals surface area contributed by atoms with Crippen LogP contribution < -0.4 is 10.8 Å². The molecule has 0 unspecified atom stereocenters. The van der Waals surface area contributed by atoms with Crippen LogP contribution in [0.5, 0.6) is 0 Å². The SMILES string of the molecule is C/C(O)=c1/c(=O)n2c3cccc4cccc(nc2c2ccccc12)c43. The standard InChI is InChI=1S/C21H14N2O2/c1-12(24)18-14-8-2-3-9-15(14)20-22-16-10-4-6-13-7-5-11-17(19(13)16)23(20)21(18)25/h2-11,24H,1H3/b18-12-. The Bertz CT molecular complexity index is 1420. The Morgan fingerprint density at radius 3 is 2.44 bits per heavy atom. The van der Waals surface area contributed by atoms with Crippen LogP contribution in [0.25, 0.3) is 44.0 Å². The number of aromatic nitrogens is 2. The summed E-state index contributed by atoms with van der Waals surface area (Å²) in [4.78, 5) is 18.0. The zero-order chi connectivity index (χ0) is 17.1. The Labute approximate surface area is 142 Å². The van der Waals surface area contributed by atoms with E-state index in [1.807, 2.05) is 60.7 Å². The van der Waals surface area contributed by atoms with Crippen LogP contribution in [0.4, 0.5) is 0 Å². The van der Waals surface area contributed by atoms with Crippen LogP contribution in [0.3, 0.4) is 0 Å². The fraction of sp³-hybridized carbons (Fsp3) is 0.0476. The number of benzene rings is 3. The second-order valence-corrected chi connectivity index (χ2v) is 6.23. The third kappa shape index (κ3) is 1.76. The van der Waals surface area contributed by atoms with E-state index >= 15 is 0 Å². The van der Waals surface area contributed by atoms with Gasteiger partial charge in [0.25, 0.3) is 5.56 Å². The van der Waals surface area contributed by atoms with E-state index in [0.29, 0.717) is 16.3 Å². The minimum atomic E-state index is -0.251. The molecule has 0 spiro atoms. The van der Waals surface area contributed by atoms with Gasteiger partial charge in [-0.05, 0) is 24.4 Å². The molecule has 0 aliphatic rings. The number of fused-ring (bicyclic) bond motifs is 4. The summed E-state index contributed by atoms with van der Waals surface area (Å²) in [5.41, 5.74) is 2.02. The van der Waals surface area contributed by atoms with Gasteiger partial charge in [-0.15, -0.1) is 0 Å². The maximum Gasteiger partial charge on any atom is 0.268 e. The van der Waals surface area contributed by atoms with Crippen molar-refractivity contribution in [2.75, 3.05) is 0 Å². The van der Waals surface area contributed by atoms with Crippen LogP contribution in [0.15, 0.2) is 65.5 Å². The molecular formula is C21H14N2O2. The second-order valence-electron chi connectivity index (χ2n) is 6.23. The molecule has 120 valence electrons. The van der Waals surface area contributed by atoms with Gasteiger partial charge in [-0.3, -0.25) is 9.20 Å². The summed E-state index contributed by atoms with van der Waals surface area (Å²) in [6.45, 7) is 1.55. The molecule has 0 fully saturated rings. The van der Waals surface area contributed by atoms with Gasteiger partial charge in [-0.2, -0.15) is 0 Å². The number of aliphatic hydroxyl groups excluding tert-OH is 1. The zero-order valence-corrected chi connectivity index (χ0v) is 13.5. The molecule has 0 atom stereocenters. The normalized spacial score (nSPS) is 13.2. The molecule has 2 aromatic heterocycles. The maximum atomic E-state index is 13.2. The lowest BCUT2D eigenvalue weighted by atomic mass is 10.1. The number of hydrogen-bond donors (Lipinski definition) is 1. The zero-order valence-electron chi connectivity index (χ0n) is 13.5. The molecule has 2 heterocycles. The van der Waals surface area contributed by atoms with Crippen molar-refractivity contribution in [1.29, 1.82) is 0 Å². The number of rotatable bonds is 0. The van der Waals surface area contributed by atoms with E-state index in [0.717, 1.165) is 27.2 Å². The van der Waals surface area contributed by atoms with E-state index in [4.69, 9.17) is 4.98 Å². The Morgan fingerprint density at radius 1 is 0.960 bits per heavy atom. The molecule has 0 aliphatic carbocycles. The second kappa shape index (κ2) is 4.80. The van der Waals surface area contributed by atoms with Crippen molar-refractivity contribution in [3.63, 3.8) is 0 Å². The molecular weight excluding hydrogens is 312 g/mol. The molecule has 5 rings (SSSR count). The summed E-state index contributed by atoms with van der Waals surface area (Å²) >= 11 is 0. The molecule has 4 heteroatoms. The highest BCUT2D eigenvalue weighted by atomic mass is 16.3. The van der Waals surface area contributed by atoms with E-state index in [2.05, 4.69) is 0 Å². The first-order chi connectivity index (χ1) is 12.2. The van der Waals surface area contributed by atoms with Crippen molar-refractivity contribution >= 4 is 44.0 Å². The van der Waals surface area contributed by atoms with Crippen LogP contribution in [0, 0.1) is 0 Å². The smallest absolute Gasteiger partial charge is 0.268 e. The topological polar surface area (TPSA) is 54.6 Å². The molecule has 0 saturated heterocycles. The van der Waals surface area contributed by atoms with Gasteiger partial charge in [0.15, 0.2) is 0 Å². The highest BCUT2D eigenvalue weighted by Crippen LogP contribution is 2.27. The van der Waals surface area contributed by atoms with Crippen LogP contribution in [-0.2, 0) is 0 Å². The lowest BCUT2D eigenvalue weighted by Gasteiger charge is -2.12. The molecule has 0 bridgehead atoms. The Hall–Kier alpha value is -3.40. The molecule has 0 saturated carbocycles. The number of pyridine rings is 1. The summed E-state index contributed by atoms with van der Waals surface area (Å²) < 4.78 is 1.62. The largest absolute Gasteiger partial charge is 0.512 e. The first-order valence-corrected chi connectivity index (χ1v) is 8.11. The fourth-order valence-corrected chi connectivity index (χ4v) is 3.72. The molecule has 1 N–H and O–H groups in total. The molecule has 0 aliphatic heterocycles. The number of nitrogens with zero attached hydrogens (tertiary/aromatic N) is 2. The van der Waals surface area contributed by atoms with Crippen LogP contribution in [0.1, 0.15) is 6.92 Å². The van der Waals surface area contributed by atoms with Gasteiger partial charge in [0.2, 0.25) is 0 Å². The van der Waals surface area contributed by atoms with E-state index in [1.54, 1.807) is 11.3 Å². The Kier molecular flexibility index (Phi) is 2.69. The first-order valence-electron chi connectivity index (χ1n) is 8.11. The van der Waals surface area contributed by atoms with E-state index in [9.17, 15) is 9.90 Å². The maximum absolute atomic E-state index is 13.2. The van der Waals surface area contributed by atoms with Crippen molar-refractivity contribution in [3.05, 3.63) is 76.2 Å². The average Bonchev–Trinajstić information content (AvgIpc) is 2.62. The summed E-state index contributed by atoms with van der Waals surface area (Å²) in [7, 11) is 0. The highest BCUT2D eigenvalue weighted by molar-refractivity contribution is 6.10. The van der Waals surface area contributed by atoms with Gasteiger partial charge in [0.1, 0.15) is 11.4 Å². The predicted octanol–water partition coefficient (Wildman–Crippen LogP) is 3.56. The Morgan fingerprint density at radius 2 is 1.68 bits per heavy atom. The van der Waals surface area contributed by atoms with Crippen molar-refractivity contribution in [1.82, 2.24) is 9.38 Å². The van der Waals surface area contributed by atoms with Gasteiger partial charge in [-0.1, -0.05) is 48.5 Å². The highest BCUT2D eigenvalue weighted by Gasteiger charge is 2.14. The molecule has 25 heavy (non-hydrogen) atoms. The first kappa shape index (κ1) is 14.0. The molecule has 3 aromatic carbocycles. The predicted molar refractivity (Wildman–Crippen MR) is 101 cm³/mol. The summed E-state index contributed by atoms with van der Waals surface area (Å²) in [5, 5.41) is 14.0. The van der Waals surface area contributed by atoms with Gasteiger partial charge in [0.05, 0.1) is 16.3 Å². The third-order valence-electron chi connectivity index (χ3n) is 4.76. The lowest BCUT2D eigenvalue weighted by molar-refractivity contribution is 0.498. The third-order valence-corrected chi connectivity index (χ3v) is 4.76. The van der Waals surface area contributed by atoms with E-state index in [1.165, 1.54) is 0 Å². The quantitative estimate of drug-likeness (QED) is 0.350. The van der Waals surface area contributed by atoms with Crippen LogP contribution >= 0.6 is 0 Å². The fourth-order valence-electron chi connectivity index (χ4n) is 3.72. The molecule has 0 amide bonds. The van der Waals surface area contributed by atoms with Crippen molar-refractivity contribution in [2.45, 2.75) is 6.92 Å². The lowest BCUT2D eigenvalue weighted by Crippen LogP contribution is -2.34. The number of hydrogen-bond acceptors (Lipinski definition) is 3. The average molecular weight is 326 g/mol. The van der Waals surface area contributed by atoms with Crippen molar-refractivity contribution in [3.8, 4) is 0 Å². The minimum absolute atomic E-state index is 0.0162.